The maximum absolute atomic E-state index is 14.2. The van der Waals surface area contributed by atoms with Crippen molar-refractivity contribution in [1.82, 2.24) is 19.8 Å². The zero-order valence-electron chi connectivity index (χ0n) is 31.5. The minimum atomic E-state index is -0.908. The lowest BCUT2D eigenvalue weighted by Gasteiger charge is -2.59. The van der Waals surface area contributed by atoms with Crippen LogP contribution in [0.3, 0.4) is 0 Å². The summed E-state index contributed by atoms with van der Waals surface area (Å²) in [5, 5.41) is 13.8. The van der Waals surface area contributed by atoms with E-state index in [4.69, 9.17) is 14.2 Å². The molecule has 10 heteroatoms. The first-order valence-electron chi connectivity index (χ1n) is 19.4. The van der Waals surface area contributed by atoms with Gasteiger partial charge in [-0.2, -0.15) is 0 Å². The van der Waals surface area contributed by atoms with Crippen molar-refractivity contribution in [2.24, 2.45) is 29.6 Å². The molecule has 2 aliphatic carbocycles. The van der Waals surface area contributed by atoms with Crippen molar-refractivity contribution in [2.45, 2.75) is 75.1 Å². The van der Waals surface area contributed by atoms with Crippen LogP contribution in [0.1, 0.15) is 66.6 Å². The van der Waals surface area contributed by atoms with E-state index in [1.807, 2.05) is 6.08 Å². The Balaban J connectivity index is 1.27. The van der Waals surface area contributed by atoms with Crippen molar-refractivity contribution >= 4 is 33.7 Å². The molecule has 3 saturated heterocycles. The van der Waals surface area contributed by atoms with Crippen LogP contribution >= 0.6 is 0 Å². The molecule has 6 heterocycles. The fraction of sp³-hybridized carbons (Fsp3) is 0.535. The number of para-hydroxylation sites is 1. The van der Waals surface area contributed by atoms with Gasteiger partial charge >= 0.3 is 11.9 Å². The molecule has 280 valence electrons. The highest BCUT2D eigenvalue weighted by Gasteiger charge is 2.65. The molecule has 0 spiro atoms. The van der Waals surface area contributed by atoms with Crippen molar-refractivity contribution < 1.29 is 28.9 Å². The Bertz CT molecular complexity index is 2120. The summed E-state index contributed by atoms with van der Waals surface area (Å²) in [5.74, 6) is 0.250. The fourth-order valence-corrected chi connectivity index (χ4v) is 12.1. The van der Waals surface area contributed by atoms with Gasteiger partial charge in [-0.15, -0.1) is 6.58 Å². The number of carbonyl (C=O) groups excluding carboxylic acids is 2. The maximum Gasteiger partial charge on any atom is 0.319 e. The van der Waals surface area contributed by atoms with Crippen LogP contribution in [0, 0.1) is 29.6 Å². The van der Waals surface area contributed by atoms with Gasteiger partial charge in [0.25, 0.3) is 0 Å². The molecule has 1 saturated carbocycles. The zero-order chi connectivity index (χ0) is 36.9. The minimum absolute atomic E-state index is 0.00730. The number of aromatic amines is 2. The Morgan fingerprint density at radius 2 is 1.87 bits per heavy atom. The Kier molecular flexibility index (Phi) is 8.33. The van der Waals surface area contributed by atoms with Gasteiger partial charge in [-0.05, 0) is 80.2 Å². The number of likely N-dealkylation sites (N-methyl/N-ethyl adjacent to an activating group) is 1. The summed E-state index contributed by atoms with van der Waals surface area (Å²) < 4.78 is 17.5. The number of aromatic nitrogens is 2. The SMILES string of the molecule is C=CC1CN(C)[C@H]2Cc3c([nH]c4ccccc34)[C@H](c3cc4c5c([nH]c4cc3OC)[C@]3(C(=O)OC)C[C@@H]4C[C@H](CC)[C@@H]3N(CC5)C4O)C[C@H]1C2C(=O)OC. The van der Waals surface area contributed by atoms with Crippen molar-refractivity contribution in [3.8, 4) is 5.75 Å². The number of carbonyl (C=O) groups is 2. The first-order chi connectivity index (χ1) is 25.7. The molecule has 10 rings (SSSR count). The number of esters is 2. The lowest BCUT2D eigenvalue weighted by molar-refractivity contribution is -0.196. The second kappa shape index (κ2) is 12.7. The third-order valence-electron chi connectivity index (χ3n) is 14.4. The molecule has 3 N–H and O–H groups in total. The molecular formula is C43H52N4O6. The van der Waals surface area contributed by atoms with E-state index >= 15 is 0 Å². The Hall–Kier alpha value is -4.12. The molecule has 4 aromatic rings. The molecule has 4 aliphatic heterocycles. The van der Waals surface area contributed by atoms with E-state index in [1.54, 1.807) is 7.11 Å². The molecule has 11 atom stereocenters. The largest absolute Gasteiger partial charge is 0.496 e. The number of ether oxygens (including phenoxy) is 3. The van der Waals surface area contributed by atoms with Crippen LogP contribution in [-0.2, 0) is 37.3 Å². The van der Waals surface area contributed by atoms with Gasteiger partial charge in [-0.1, -0.05) is 37.6 Å². The highest BCUT2D eigenvalue weighted by atomic mass is 16.5. The van der Waals surface area contributed by atoms with Gasteiger partial charge in [0.1, 0.15) is 17.4 Å². The number of rotatable bonds is 6. The third-order valence-corrected chi connectivity index (χ3v) is 14.4. The van der Waals surface area contributed by atoms with Crippen LogP contribution < -0.4 is 4.74 Å². The smallest absolute Gasteiger partial charge is 0.319 e. The summed E-state index contributed by atoms with van der Waals surface area (Å²) in [5.41, 5.74) is 6.57. The van der Waals surface area contributed by atoms with Crippen LogP contribution in [0.4, 0.5) is 0 Å². The van der Waals surface area contributed by atoms with Crippen LogP contribution in [-0.4, -0.2) is 96.6 Å². The topological polar surface area (TPSA) is 120 Å². The molecule has 0 radical (unpaired) electrons. The van der Waals surface area contributed by atoms with E-state index in [2.05, 4.69) is 76.7 Å². The lowest BCUT2D eigenvalue weighted by Crippen LogP contribution is -2.70. The number of benzene rings is 2. The van der Waals surface area contributed by atoms with Gasteiger partial charge < -0.3 is 34.2 Å². The molecule has 6 aliphatic rings. The fourth-order valence-electron chi connectivity index (χ4n) is 12.1. The second-order valence-corrected chi connectivity index (χ2v) is 16.5. The summed E-state index contributed by atoms with van der Waals surface area (Å²) in [6.45, 7) is 7.93. The van der Waals surface area contributed by atoms with Crippen molar-refractivity contribution in [3.05, 3.63) is 77.1 Å². The number of aliphatic hydroxyl groups is 1. The average Bonchev–Trinajstić information content (AvgIpc) is 3.69. The molecule has 0 amide bonds. The molecular weight excluding hydrogens is 668 g/mol. The molecule has 6 bridgehead atoms. The normalized spacial score (nSPS) is 34.8. The lowest BCUT2D eigenvalue weighted by atomic mass is 9.56. The van der Waals surface area contributed by atoms with Gasteiger partial charge in [0.15, 0.2) is 0 Å². The van der Waals surface area contributed by atoms with E-state index in [0.717, 1.165) is 64.1 Å². The number of hydrogen-bond acceptors (Lipinski definition) is 8. The van der Waals surface area contributed by atoms with Gasteiger partial charge in [0.2, 0.25) is 0 Å². The van der Waals surface area contributed by atoms with Crippen LogP contribution in [0.15, 0.2) is 49.1 Å². The van der Waals surface area contributed by atoms with E-state index in [-0.39, 0.29) is 59.5 Å². The van der Waals surface area contributed by atoms with E-state index in [9.17, 15) is 14.7 Å². The van der Waals surface area contributed by atoms with E-state index in [1.165, 1.54) is 25.2 Å². The molecule has 4 fully saturated rings. The standard InChI is InChI=1S/C43H52N4O6/c1-7-22-15-24-20-43(42(50)53-6)38-26(13-14-47(39(22)43)40(24)48)28-17-29(35(51-4)19-33(28)45-38)30-16-27-23(8-2)21-46(3)34(36(27)41(49)52-5)18-31-25-11-9-10-12-32(25)44-37(30)31/h8-12,17,19,22-24,27,30,34,36,39-40,44-45,48H,2,7,13-16,18,20-21H2,1,3-6H3/t22-,23?,24-,27+,30-,34-,36?,39-,40?,43+/m0/s1. The molecule has 2 aromatic heterocycles. The van der Waals surface area contributed by atoms with Gasteiger partial charge in [-0.3, -0.25) is 14.5 Å². The molecule has 2 aromatic carbocycles. The van der Waals surface area contributed by atoms with Crippen LogP contribution in [0.25, 0.3) is 21.8 Å². The predicted molar refractivity (Wildman–Crippen MR) is 203 cm³/mol. The van der Waals surface area contributed by atoms with Crippen molar-refractivity contribution in [1.29, 1.82) is 0 Å². The van der Waals surface area contributed by atoms with E-state index in [0.29, 0.717) is 32.2 Å². The van der Waals surface area contributed by atoms with Gasteiger partial charge in [0, 0.05) is 81.8 Å². The van der Waals surface area contributed by atoms with Crippen LogP contribution in [0.5, 0.6) is 5.75 Å². The van der Waals surface area contributed by atoms with Gasteiger partial charge in [0.05, 0.1) is 27.2 Å². The summed E-state index contributed by atoms with van der Waals surface area (Å²) in [4.78, 5) is 40.2. The molecule has 53 heavy (non-hydrogen) atoms. The number of piperidine rings is 3. The molecule has 4 unspecified atom stereocenters. The van der Waals surface area contributed by atoms with Crippen molar-refractivity contribution in [2.75, 3.05) is 41.5 Å². The number of fused-ring (bicyclic) bond motifs is 9. The summed E-state index contributed by atoms with van der Waals surface area (Å²) in [6, 6.07) is 12.7. The van der Waals surface area contributed by atoms with Crippen LogP contribution in [0.2, 0.25) is 0 Å². The first kappa shape index (κ1) is 34.6. The number of H-pyrrole nitrogens is 2. The third kappa shape index (κ3) is 4.80. The number of hydrogen-bond donors (Lipinski definition) is 3. The quantitative estimate of drug-likeness (QED) is 0.173. The second-order valence-electron chi connectivity index (χ2n) is 16.5. The Labute approximate surface area is 310 Å². The summed E-state index contributed by atoms with van der Waals surface area (Å²) >= 11 is 0. The summed E-state index contributed by atoms with van der Waals surface area (Å²) in [7, 11) is 6.84. The minimum Gasteiger partial charge on any atom is -0.496 e. The number of likely N-dealkylation sites (tertiary alicyclic amines) is 1. The monoisotopic (exact) mass is 720 g/mol. The molecule has 10 nitrogen and oxygen atoms in total. The van der Waals surface area contributed by atoms with Gasteiger partial charge in [-0.25, -0.2) is 0 Å². The Morgan fingerprint density at radius 1 is 1.06 bits per heavy atom. The number of aliphatic hydroxyl groups excluding tert-OH is 1. The zero-order valence-corrected chi connectivity index (χ0v) is 31.5. The maximum atomic E-state index is 14.2. The van der Waals surface area contributed by atoms with E-state index < -0.39 is 11.6 Å². The number of methoxy groups -OCH3 is 3. The van der Waals surface area contributed by atoms with Crippen molar-refractivity contribution in [3.63, 3.8) is 0 Å². The predicted octanol–water partition coefficient (Wildman–Crippen LogP) is 5.66. The highest BCUT2D eigenvalue weighted by molar-refractivity contribution is 5.93. The summed E-state index contributed by atoms with van der Waals surface area (Å²) in [6.07, 6.45) is 5.95. The Morgan fingerprint density at radius 3 is 2.60 bits per heavy atom. The first-order valence-corrected chi connectivity index (χ1v) is 19.4. The average molecular weight is 721 g/mol. The number of nitrogens with zero attached hydrogens (tertiary/aromatic N) is 2. The highest BCUT2D eigenvalue weighted by Crippen LogP contribution is 2.58. The number of nitrogens with one attached hydrogen (secondary N) is 2.